The van der Waals surface area contributed by atoms with Crippen LogP contribution in [-0.2, 0) is 21.3 Å². The van der Waals surface area contributed by atoms with Gasteiger partial charge in [0.1, 0.15) is 0 Å². The van der Waals surface area contributed by atoms with Gasteiger partial charge in [-0.3, -0.25) is 4.21 Å². The topological polar surface area (TPSA) is 58.6 Å². The smallest absolute Gasteiger partial charge is 0.317 e. The largest absolute Gasteiger partial charge is 0.378 e. The van der Waals surface area contributed by atoms with E-state index in [-0.39, 0.29) is 6.03 Å². The highest BCUT2D eigenvalue weighted by Crippen LogP contribution is 2.02. The molecule has 2 amide bonds. The first-order chi connectivity index (χ1) is 9.75. The van der Waals surface area contributed by atoms with E-state index in [2.05, 4.69) is 5.32 Å². The number of ether oxygens (including phenoxy) is 1. The van der Waals surface area contributed by atoms with E-state index in [1.165, 1.54) is 0 Å². The van der Waals surface area contributed by atoms with Gasteiger partial charge in [-0.15, -0.1) is 0 Å². The molecular weight excluding hydrogens is 276 g/mol. The van der Waals surface area contributed by atoms with Crippen molar-refractivity contribution < 1.29 is 13.7 Å². The Hall–Kier alpha value is -1.40. The van der Waals surface area contributed by atoms with Crippen LogP contribution in [-0.4, -0.2) is 53.7 Å². The summed E-state index contributed by atoms with van der Waals surface area (Å²) in [4.78, 5) is 13.5. The summed E-state index contributed by atoms with van der Waals surface area (Å²) in [6, 6.07) is 9.65. The molecule has 6 heteroatoms. The number of hydrogen-bond donors (Lipinski definition) is 1. The number of hydrogen-bond acceptors (Lipinski definition) is 3. The van der Waals surface area contributed by atoms with Crippen molar-refractivity contribution >= 4 is 16.8 Å². The Labute approximate surface area is 121 Å². The summed E-state index contributed by atoms with van der Waals surface area (Å²) < 4.78 is 17.1. The zero-order valence-electron chi connectivity index (χ0n) is 11.4. The third-order valence-corrected chi connectivity index (χ3v) is 4.39. The van der Waals surface area contributed by atoms with Crippen molar-refractivity contribution in [2.24, 2.45) is 0 Å². The lowest BCUT2D eigenvalue weighted by Gasteiger charge is -2.26. The van der Waals surface area contributed by atoms with Gasteiger partial charge in [-0.1, -0.05) is 30.3 Å². The van der Waals surface area contributed by atoms with Crippen molar-refractivity contribution in [3.05, 3.63) is 35.9 Å². The fraction of sp³-hybridized carbons (Fsp3) is 0.500. The maximum Gasteiger partial charge on any atom is 0.317 e. The summed E-state index contributed by atoms with van der Waals surface area (Å²) in [7, 11) is -0.950. The van der Waals surface area contributed by atoms with Crippen molar-refractivity contribution in [3.8, 4) is 0 Å². The van der Waals surface area contributed by atoms with E-state index < -0.39 is 10.8 Å². The number of carbonyl (C=O) groups is 1. The van der Waals surface area contributed by atoms with Crippen LogP contribution in [0, 0.1) is 0 Å². The van der Waals surface area contributed by atoms with Gasteiger partial charge in [-0.2, -0.15) is 0 Å². The molecule has 0 aromatic heterocycles. The van der Waals surface area contributed by atoms with Gasteiger partial charge >= 0.3 is 6.03 Å². The first kappa shape index (κ1) is 15.0. The summed E-state index contributed by atoms with van der Waals surface area (Å²) in [5.41, 5.74) is 1.06. The summed E-state index contributed by atoms with van der Waals surface area (Å²) >= 11 is 0. The minimum Gasteiger partial charge on any atom is -0.378 e. The predicted molar refractivity (Wildman–Crippen MR) is 78.9 cm³/mol. The molecule has 0 bridgehead atoms. The molecule has 1 unspecified atom stereocenters. The molecule has 1 saturated heterocycles. The molecule has 1 fully saturated rings. The lowest BCUT2D eigenvalue weighted by molar-refractivity contribution is 0.0533. The minimum absolute atomic E-state index is 0.0926. The van der Waals surface area contributed by atoms with Crippen LogP contribution in [0.15, 0.2) is 30.3 Å². The number of benzene rings is 1. The van der Waals surface area contributed by atoms with Gasteiger partial charge < -0.3 is 15.0 Å². The second-order valence-corrected chi connectivity index (χ2v) is 6.18. The Kier molecular flexibility index (Phi) is 6.01. The Morgan fingerprint density at radius 1 is 1.25 bits per heavy atom. The van der Waals surface area contributed by atoms with E-state index in [0.717, 1.165) is 5.56 Å². The lowest BCUT2D eigenvalue weighted by atomic mass is 10.2. The van der Waals surface area contributed by atoms with Crippen LogP contribution in [0.2, 0.25) is 0 Å². The summed E-state index contributed by atoms with van der Waals surface area (Å²) in [6.45, 7) is 2.87. The standard InChI is InChI=1S/C14H20N2O3S/c17-14(16-7-9-19-10-8-16)15-6-11-20(18)12-13-4-2-1-3-5-13/h1-5H,6-12H2,(H,15,17). The Bertz CT molecular complexity index is 447. The molecule has 1 aliphatic heterocycles. The quantitative estimate of drug-likeness (QED) is 0.881. The van der Waals surface area contributed by atoms with E-state index in [9.17, 15) is 9.00 Å². The van der Waals surface area contributed by atoms with E-state index in [1.807, 2.05) is 30.3 Å². The van der Waals surface area contributed by atoms with Crippen LogP contribution in [0.3, 0.4) is 0 Å². The molecular formula is C14H20N2O3S. The highest BCUT2D eigenvalue weighted by molar-refractivity contribution is 7.84. The highest BCUT2D eigenvalue weighted by Gasteiger charge is 2.16. The molecule has 1 aromatic carbocycles. The van der Waals surface area contributed by atoms with Crippen molar-refractivity contribution in [3.63, 3.8) is 0 Å². The van der Waals surface area contributed by atoms with Gasteiger partial charge in [0.15, 0.2) is 0 Å². The third kappa shape index (κ3) is 4.94. The number of morpholine rings is 1. The highest BCUT2D eigenvalue weighted by atomic mass is 32.2. The normalized spacial score (nSPS) is 16.7. The Morgan fingerprint density at radius 3 is 2.65 bits per heavy atom. The average Bonchev–Trinajstić information content (AvgIpc) is 2.49. The molecule has 1 atom stereocenters. The van der Waals surface area contributed by atoms with Gasteiger partial charge in [0.25, 0.3) is 0 Å². The molecule has 0 spiro atoms. The fourth-order valence-electron chi connectivity index (χ4n) is 1.98. The SMILES string of the molecule is O=C(NCCS(=O)Cc1ccccc1)N1CCOCC1. The van der Waals surface area contributed by atoms with E-state index in [0.29, 0.717) is 44.4 Å². The molecule has 0 saturated carbocycles. The van der Waals surface area contributed by atoms with Gasteiger partial charge in [-0.25, -0.2) is 4.79 Å². The number of carbonyl (C=O) groups excluding carboxylic acids is 1. The van der Waals surface area contributed by atoms with Crippen LogP contribution in [0.1, 0.15) is 5.56 Å². The summed E-state index contributed by atoms with van der Waals surface area (Å²) in [6.07, 6.45) is 0. The molecule has 110 valence electrons. The predicted octanol–water partition coefficient (Wildman–Crippen LogP) is 0.977. The number of amides is 2. The molecule has 1 heterocycles. The molecule has 1 N–H and O–H groups in total. The van der Waals surface area contributed by atoms with Crippen LogP contribution < -0.4 is 5.32 Å². The Balaban J connectivity index is 1.65. The van der Waals surface area contributed by atoms with E-state index in [1.54, 1.807) is 4.90 Å². The maximum atomic E-state index is 11.9. The van der Waals surface area contributed by atoms with Gasteiger partial charge in [0, 0.05) is 41.9 Å². The molecule has 2 rings (SSSR count). The van der Waals surface area contributed by atoms with Crippen LogP contribution in [0.4, 0.5) is 4.79 Å². The fourth-order valence-corrected chi connectivity index (χ4v) is 3.02. The second-order valence-electron chi connectivity index (χ2n) is 4.61. The van der Waals surface area contributed by atoms with Crippen LogP contribution in [0.25, 0.3) is 0 Å². The number of urea groups is 1. The van der Waals surface area contributed by atoms with Crippen LogP contribution >= 0.6 is 0 Å². The second kappa shape index (κ2) is 8.01. The van der Waals surface area contributed by atoms with Gasteiger partial charge in [0.2, 0.25) is 0 Å². The Morgan fingerprint density at radius 2 is 1.95 bits per heavy atom. The molecule has 5 nitrogen and oxygen atoms in total. The zero-order chi connectivity index (χ0) is 14.2. The van der Waals surface area contributed by atoms with Crippen molar-refractivity contribution in [2.45, 2.75) is 5.75 Å². The lowest BCUT2D eigenvalue weighted by Crippen LogP contribution is -2.46. The van der Waals surface area contributed by atoms with E-state index in [4.69, 9.17) is 4.74 Å². The molecule has 0 aliphatic carbocycles. The van der Waals surface area contributed by atoms with Crippen molar-refractivity contribution in [1.82, 2.24) is 10.2 Å². The first-order valence-electron chi connectivity index (χ1n) is 6.75. The van der Waals surface area contributed by atoms with Crippen molar-refractivity contribution in [2.75, 3.05) is 38.6 Å². The minimum atomic E-state index is -0.950. The molecule has 1 aromatic rings. The molecule has 20 heavy (non-hydrogen) atoms. The molecule has 1 aliphatic rings. The van der Waals surface area contributed by atoms with Gasteiger partial charge in [-0.05, 0) is 5.56 Å². The van der Waals surface area contributed by atoms with Gasteiger partial charge in [0.05, 0.1) is 13.2 Å². The number of nitrogens with one attached hydrogen (secondary N) is 1. The summed E-state index contributed by atoms with van der Waals surface area (Å²) in [5, 5.41) is 2.81. The average molecular weight is 296 g/mol. The third-order valence-electron chi connectivity index (χ3n) is 3.07. The zero-order valence-corrected chi connectivity index (χ0v) is 12.2. The number of rotatable bonds is 5. The van der Waals surface area contributed by atoms with E-state index >= 15 is 0 Å². The maximum absolute atomic E-state index is 11.9. The molecule has 0 radical (unpaired) electrons. The summed E-state index contributed by atoms with van der Waals surface area (Å²) in [5.74, 6) is 1.01. The monoisotopic (exact) mass is 296 g/mol. The van der Waals surface area contributed by atoms with Crippen molar-refractivity contribution in [1.29, 1.82) is 0 Å². The number of nitrogens with zero attached hydrogens (tertiary/aromatic N) is 1. The van der Waals surface area contributed by atoms with Crippen LogP contribution in [0.5, 0.6) is 0 Å². The first-order valence-corrected chi connectivity index (χ1v) is 8.24.